The van der Waals surface area contributed by atoms with E-state index in [0.29, 0.717) is 0 Å². The maximum atomic E-state index is 10.8. The third-order valence-electron chi connectivity index (χ3n) is 1.70. The topological polar surface area (TPSA) is 317 Å². The summed E-state index contributed by atoms with van der Waals surface area (Å²) < 4.78 is 13.2. The van der Waals surface area contributed by atoms with Crippen LogP contribution in [0.15, 0.2) is 0 Å². The van der Waals surface area contributed by atoms with E-state index in [1.165, 1.54) is 0 Å². The summed E-state index contributed by atoms with van der Waals surface area (Å²) in [5.41, 5.74) is 0. The average Bonchev–Trinajstić information content (AvgIpc) is 2.22. The van der Waals surface area contributed by atoms with Crippen molar-refractivity contribution in [1.29, 1.82) is 0 Å². The Morgan fingerprint density at radius 3 is 1.57 bits per heavy atom. The maximum absolute atomic E-state index is 10.8. The minimum Gasteiger partial charge on any atom is -0.780 e. The first-order valence-electron chi connectivity index (χ1n) is 4.18. The van der Waals surface area contributed by atoms with Crippen LogP contribution in [0.5, 0.6) is 0 Å². The number of hydrogen-bond acceptors (Lipinski definition) is 10. The Bertz CT molecular complexity index is 312. The molecule has 23 heavy (non-hydrogen) atoms. The van der Waals surface area contributed by atoms with E-state index in [-0.39, 0.29) is 81.0 Å². The molecule has 17 heteroatoms. The number of phosphoric acid groups is 1. The molecule has 0 aliphatic carbocycles. The van der Waals surface area contributed by atoms with Crippen molar-refractivity contribution >= 4 is 13.8 Å². The molecule has 0 aromatic heterocycles. The first-order chi connectivity index (χ1) is 7.60. The second-order valence-electron chi connectivity index (χ2n) is 3.03. The molecule has 0 aliphatic rings. The third kappa shape index (κ3) is 17.9. The van der Waals surface area contributed by atoms with E-state index < -0.39 is 44.8 Å². The summed E-state index contributed by atoms with van der Waals surface area (Å²) in [5, 5.41) is 44.4. The van der Waals surface area contributed by atoms with E-state index in [2.05, 4.69) is 4.52 Å². The molecule has 0 unspecified atom stereocenters. The molecule has 0 aromatic carbocycles. The van der Waals surface area contributed by atoms with Crippen molar-refractivity contribution in [3.63, 3.8) is 0 Å². The van der Waals surface area contributed by atoms with Gasteiger partial charge in [0.2, 0.25) is 0 Å². The molecule has 0 rings (SSSR count). The molecule has 13 N–H and O–H groups in total. The van der Waals surface area contributed by atoms with Gasteiger partial charge in [-0.05, 0) is 0 Å². The van der Waals surface area contributed by atoms with Crippen molar-refractivity contribution in [3.05, 3.63) is 0 Å². The zero-order valence-corrected chi connectivity index (χ0v) is 17.1. The van der Waals surface area contributed by atoms with E-state index >= 15 is 0 Å². The fourth-order valence-electron chi connectivity index (χ4n) is 0.826. The zero-order valence-electron chi connectivity index (χ0n) is 12.2. The van der Waals surface area contributed by atoms with Gasteiger partial charge in [-0.3, -0.25) is 0 Å². The van der Waals surface area contributed by atoms with Crippen LogP contribution in [-0.2, 0) is 13.9 Å². The number of rotatable bonds is 6. The van der Waals surface area contributed by atoms with Gasteiger partial charge < -0.3 is 66.3 Å². The molecule has 14 nitrogen and oxygen atoms in total. The smallest absolute Gasteiger partial charge is 0.780 e. The quantitative estimate of drug-likeness (QED) is 0.210. The minimum absolute atomic E-state index is 0. The molecule has 4 atom stereocenters. The van der Waals surface area contributed by atoms with Crippen molar-refractivity contribution in [3.8, 4) is 0 Å². The average molecular weight is 392 g/mol. The number of aliphatic hydroxyl groups is 5. The first kappa shape index (κ1) is 44.1. The van der Waals surface area contributed by atoms with E-state index in [4.69, 9.17) is 25.5 Å². The van der Waals surface area contributed by atoms with Crippen molar-refractivity contribution in [2.24, 2.45) is 0 Å². The van der Waals surface area contributed by atoms with Crippen molar-refractivity contribution < 1.29 is 130 Å². The Morgan fingerprint density at radius 1 is 0.957 bits per heavy atom. The van der Waals surface area contributed by atoms with Gasteiger partial charge in [-0.15, -0.1) is 0 Å². The van der Waals surface area contributed by atoms with Crippen LogP contribution in [0, 0.1) is 0 Å². The minimum atomic E-state index is -5.69. The van der Waals surface area contributed by atoms with Gasteiger partial charge in [0, 0.05) is 0 Å². The van der Waals surface area contributed by atoms with Crippen molar-refractivity contribution in [2.75, 3.05) is 6.61 Å². The molecule has 0 aromatic rings. The van der Waals surface area contributed by atoms with Crippen LogP contribution in [0.25, 0.3) is 0 Å². The van der Waals surface area contributed by atoms with Crippen LogP contribution >= 0.6 is 7.82 Å². The van der Waals surface area contributed by atoms with Gasteiger partial charge in [-0.1, -0.05) is 0 Å². The van der Waals surface area contributed by atoms with Crippen molar-refractivity contribution in [1.82, 2.24) is 0 Å². The van der Waals surface area contributed by atoms with Crippen LogP contribution < -0.4 is 68.9 Å². The maximum Gasteiger partial charge on any atom is 1.00 e. The second-order valence-corrected chi connectivity index (χ2v) is 4.11. The monoisotopic (exact) mass is 392 g/mol. The molecule has 0 radical (unpaired) electrons. The zero-order chi connectivity index (χ0) is 13.8. The SMILES string of the molecule is O.O.O.O.O=C(OP(=O)([O-])[O-])[C@H](O)[C@@H](O)[C@H](O)[C@H](O)CO.[Na+].[Na+]. The number of hydrogen-bond donors (Lipinski definition) is 5. The van der Waals surface area contributed by atoms with Crippen LogP contribution in [-0.4, -0.2) is 84.4 Å². The van der Waals surface area contributed by atoms with Gasteiger partial charge in [0.15, 0.2) is 6.10 Å². The third-order valence-corrected chi connectivity index (χ3v) is 2.10. The van der Waals surface area contributed by atoms with E-state index in [0.717, 1.165) is 0 Å². The Hall–Kier alpha value is 1.26. The standard InChI is InChI=1S/C6H13O10P.2Na.4H2O/c7-1-2(8)3(9)4(10)5(11)6(12)16-17(13,14)15;;;;;;/h2-5,7-11H,1H2,(H2,13,14,15);;;4*1H2/q;2*+1;;;;/p-2/t2-,3-,4+,5-;;;;;;/m1....../s1. The van der Waals surface area contributed by atoms with Crippen molar-refractivity contribution in [2.45, 2.75) is 24.4 Å². The van der Waals surface area contributed by atoms with E-state index in [9.17, 15) is 19.1 Å². The second kappa shape index (κ2) is 19.6. The van der Waals surface area contributed by atoms with Crippen LogP contribution in [0.1, 0.15) is 0 Å². The molecule has 134 valence electrons. The summed E-state index contributed by atoms with van der Waals surface area (Å²) in [6.45, 7) is -0.985. The fraction of sp³-hybridized carbons (Fsp3) is 0.833. The number of carbonyl (C=O) groups is 1. The Labute approximate surface area is 174 Å². The number of carbonyl (C=O) groups excluding carboxylic acids is 1. The summed E-state index contributed by atoms with van der Waals surface area (Å²) in [7, 11) is -5.69. The Balaban J connectivity index is -0.0000000853. The van der Waals surface area contributed by atoms with Gasteiger partial charge in [0.05, 0.1) is 6.61 Å². The van der Waals surface area contributed by atoms with E-state index in [1.807, 2.05) is 0 Å². The van der Waals surface area contributed by atoms with E-state index in [1.54, 1.807) is 0 Å². The summed E-state index contributed by atoms with van der Waals surface area (Å²) in [6.07, 6.45) is -8.92. The Kier molecular flexibility index (Phi) is 37.5. The van der Waals surface area contributed by atoms with Gasteiger partial charge in [0.1, 0.15) is 26.1 Å². The Morgan fingerprint density at radius 2 is 1.30 bits per heavy atom. The van der Waals surface area contributed by atoms with Crippen LogP contribution in [0.3, 0.4) is 0 Å². The molecule has 0 amide bonds. The molecule has 0 spiro atoms. The molecule has 0 saturated carbocycles. The predicted octanol–water partition coefficient (Wildman–Crippen LogP) is -14.5. The molecular formula is C6H19Na2O14P. The molecule has 0 fully saturated rings. The summed E-state index contributed by atoms with van der Waals surface area (Å²) >= 11 is 0. The first-order valence-corrected chi connectivity index (χ1v) is 5.65. The van der Waals surface area contributed by atoms with Gasteiger partial charge in [-0.2, -0.15) is 0 Å². The molecular weight excluding hydrogens is 373 g/mol. The van der Waals surface area contributed by atoms with Crippen LogP contribution in [0.4, 0.5) is 0 Å². The molecule has 0 aliphatic heterocycles. The number of phosphoric ester groups is 1. The fourth-order valence-corrected chi connectivity index (χ4v) is 1.15. The summed E-state index contributed by atoms with van der Waals surface area (Å²) in [5.74, 6) is -2.00. The van der Waals surface area contributed by atoms with Gasteiger partial charge in [0.25, 0.3) is 0 Å². The largest absolute Gasteiger partial charge is 1.00 e. The van der Waals surface area contributed by atoms with Gasteiger partial charge >= 0.3 is 65.1 Å². The normalized spacial score (nSPS) is 14.2. The molecule has 0 saturated heterocycles. The molecule has 0 heterocycles. The summed E-state index contributed by atoms with van der Waals surface area (Å²) in [4.78, 5) is 30.8. The summed E-state index contributed by atoms with van der Waals surface area (Å²) in [6, 6.07) is 0. The number of aliphatic hydroxyl groups excluding tert-OH is 5. The molecule has 0 bridgehead atoms. The van der Waals surface area contributed by atoms with Gasteiger partial charge in [-0.25, -0.2) is 4.79 Å². The predicted molar refractivity (Wildman–Crippen MR) is 59.3 cm³/mol. The van der Waals surface area contributed by atoms with Crippen LogP contribution in [0.2, 0.25) is 0 Å².